The van der Waals surface area contributed by atoms with E-state index in [1.54, 1.807) is 18.2 Å². The first-order valence-corrected chi connectivity index (χ1v) is 6.50. The van der Waals surface area contributed by atoms with Gasteiger partial charge in [0.15, 0.2) is 6.61 Å². The molecule has 0 aliphatic heterocycles. The van der Waals surface area contributed by atoms with Crippen LogP contribution in [0.3, 0.4) is 0 Å². The Labute approximate surface area is 121 Å². The zero-order valence-corrected chi connectivity index (χ0v) is 11.5. The van der Waals surface area contributed by atoms with Crippen molar-refractivity contribution in [1.82, 2.24) is 10.6 Å². The monoisotopic (exact) mass is 292 g/mol. The second-order valence-electron chi connectivity index (χ2n) is 4.57. The van der Waals surface area contributed by atoms with Gasteiger partial charge in [0.05, 0.1) is 7.11 Å². The number of rotatable bonds is 5. The van der Waals surface area contributed by atoms with E-state index in [0.29, 0.717) is 0 Å². The maximum Gasteiger partial charge on any atom is 0.341 e. The Morgan fingerprint density at radius 3 is 2.62 bits per heavy atom. The Balaban J connectivity index is 1.85. The van der Waals surface area contributed by atoms with Gasteiger partial charge in [-0.05, 0) is 25.0 Å². The van der Waals surface area contributed by atoms with Crippen molar-refractivity contribution in [2.24, 2.45) is 0 Å². The summed E-state index contributed by atoms with van der Waals surface area (Å²) in [6.07, 6.45) is 1.87. The van der Waals surface area contributed by atoms with Crippen LogP contribution in [0.25, 0.3) is 0 Å². The van der Waals surface area contributed by atoms with E-state index in [0.717, 1.165) is 12.8 Å². The fourth-order valence-electron chi connectivity index (χ4n) is 1.63. The molecule has 2 N–H and O–H groups in total. The fourth-order valence-corrected chi connectivity index (χ4v) is 1.63. The Bertz CT molecular complexity index is 554. The molecule has 1 saturated carbocycles. The molecule has 7 nitrogen and oxygen atoms in total. The normalized spacial score (nSPS) is 13.2. The van der Waals surface area contributed by atoms with Gasteiger partial charge in [-0.3, -0.25) is 10.1 Å². The highest BCUT2D eigenvalue weighted by Crippen LogP contribution is 2.19. The summed E-state index contributed by atoms with van der Waals surface area (Å²) in [4.78, 5) is 34.4. The number of carbonyl (C=O) groups excluding carboxylic acids is 3. The van der Waals surface area contributed by atoms with Crippen LogP contribution >= 0.6 is 0 Å². The molecule has 1 aliphatic rings. The highest BCUT2D eigenvalue weighted by atomic mass is 16.5. The molecule has 1 fully saturated rings. The third kappa shape index (κ3) is 4.48. The molecule has 3 amide bonds. The zero-order valence-electron chi connectivity index (χ0n) is 11.5. The van der Waals surface area contributed by atoms with Crippen LogP contribution in [0.2, 0.25) is 0 Å². The second kappa shape index (κ2) is 6.74. The molecule has 21 heavy (non-hydrogen) atoms. The predicted octanol–water partition coefficient (Wildman–Crippen LogP) is 0.840. The molecule has 7 heteroatoms. The zero-order chi connectivity index (χ0) is 15.2. The molecule has 0 heterocycles. The van der Waals surface area contributed by atoms with Crippen molar-refractivity contribution in [3.63, 3.8) is 0 Å². The minimum absolute atomic E-state index is 0.166. The number of para-hydroxylation sites is 1. The van der Waals surface area contributed by atoms with E-state index >= 15 is 0 Å². The van der Waals surface area contributed by atoms with Gasteiger partial charge in [-0.15, -0.1) is 0 Å². The first-order valence-electron chi connectivity index (χ1n) is 6.50. The maximum absolute atomic E-state index is 11.6. The Hall–Kier alpha value is -2.57. The van der Waals surface area contributed by atoms with Crippen LogP contribution in [0.1, 0.15) is 23.2 Å². The van der Waals surface area contributed by atoms with E-state index < -0.39 is 17.9 Å². The molecule has 1 aromatic carbocycles. The molecule has 1 aliphatic carbocycles. The van der Waals surface area contributed by atoms with Crippen LogP contribution in [-0.4, -0.2) is 37.7 Å². The molecular formula is C14H16N2O5. The van der Waals surface area contributed by atoms with Crippen molar-refractivity contribution in [3.8, 4) is 5.75 Å². The Morgan fingerprint density at radius 2 is 1.95 bits per heavy atom. The number of hydrogen-bond donors (Lipinski definition) is 2. The smallest absolute Gasteiger partial charge is 0.341 e. The van der Waals surface area contributed by atoms with Gasteiger partial charge in [-0.1, -0.05) is 12.1 Å². The van der Waals surface area contributed by atoms with Crippen LogP contribution in [0.15, 0.2) is 24.3 Å². The summed E-state index contributed by atoms with van der Waals surface area (Å²) in [5, 5.41) is 4.78. The molecule has 112 valence electrons. The van der Waals surface area contributed by atoms with E-state index in [4.69, 9.17) is 4.74 Å². The predicted molar refractivity (Wildman–Crippen MR) is 73.0 cm³/mol. The molecule has 0 radical (unpaired) electrons. The number of ether oxygens (including phenoxy) is 2. The number of hydrogen-bond acceptors (Lipinski definition) is 5. The minimum Gasteiger partial charge on any atom is -0.483 e. The molecule has 1 aromatic rings. The summed E-state index contributed by atoms with van der Waals surface area (Å²) in [6, 6.07) is 6.02. The van der Waals surface area contributed by atoms with E-state index in [9.17, 15) is 14.4 Å². The molecule has 0 unspecified atom stereocenters. The number of urea groups is 1. The topological polar surface area (TPSA) is 93.7 Å². The third-order valence-corrected chi connectivity index (χ3v) is 2.82. The van der Waals surface area contributed by atoms with Crippen molar-refractivity contribution in [2.75, 3.05) is 13.7 Å². The fraction of sp³-hybridized carbons (Fsp3) is 0.357. The number of amides is 3. The van der Waals surface area contributed by atoms with Gasteiger partial charge in [0.25, 0.3) is 5.91 Å². The SMILES string of the molecule is COC(=O)c1ccccc1OCC(=O)NC(=O)NC1CC1. The van der Waals surface area contributed by atoms with E-state index in [1.165, 1.54) is 13.2 Å². The van der Waals surface area contributed by atoms with Crippen molar-refractivity contribution < 1.29 is 23.9 Å². The number of methoxy groups -OCH3 is 1. The highest BCUT2D eigenvalue weighted by molar-refractivity contribution is 5.95. The summed E-state index contributed by atoms with van der Waals surface area (Å²) >= 11 is 0. The van der Waals surface area contributed by atoms with Crippen molar-refractivity contribution in [1.29, 1.82) is 0 Å². The van der Waals surface area contributed by atoms with E-state index in [2.05, 4.69) is 15.4 Å². The Kier molecular flexibility index (Phi) is 4.76. The highest BCUT2D eigenvalue weighted by Gasteiger charge is 2.24. The first kappa shape index (κ1) is 14.8. The lowest BCUT2D eigenvalue weighted by Gasteiger charge is -2.10. The summed E-state index contributed by atoms with van der Waals surface area (Å²) in [7, 11) is 1.26. The number of esters is 1. The molecule has 0 aromatic heterocycles. The lowest BCUT2D eigenvalue weighted by atomic mass is 10.2. The Morgan fingerprint density at radius 1 is 1.24 bits per heavy atom. The van der Waals surface area contributed by atoms with Gasteiger partial charge in [0.2, 0.25) is 0 Å². The standard InChI is InChI=1S/C14H16N2O5/c1-20-13(18)10-4-2-3-5-11(10)21-8-12(17)16-14(19)15-9-6-7-9/h2-5,9H,6-8H2,1H3,(H2,15,16,17,19). The molecule has 0 bridgehead atoms. The van der Waals surface area contributed by atoms with Crippen LogP contribution in [0.4, 0.5) is 4.79 Å². The molecule has 0 saturated heterocycles. The number of imide groups is 1. The lowest BCUT2D eigenvalue weighted by Crippen LogP contribution is -2.42. The third-order valence-electron chi connectivity index (χ3n) is 2.82. The summed E-state index contributed by atoms with van der Waals surface area (Å²) in [5.74, 6) is -0.924. The maximum atomic E-state index is 11.6. The quantitative estimate of drug-likeness (QED) is 0.784. The lowest BCUT2D eigenvalue weighted by molar-refractivity contribution is -0.122. The largest absolute Gasteiger partial charge is 0.483 e. The summed E-state index contributed by atoms with van der Waals surface area (Å²) < 4.78 is 9.87. The molecule has 0 atom stereocenters. The van der Waals surface area contributed by atoms with E-state index in [1.807, 2.05) is 0 Å². The molecular weight excluding hydrogens is 276 g/mol. The van der Waals surface area contributed by atoms with Crippen LogP contribution < -0.4 is 15.4 Å². The number of carbonyl (C=O) groups is 3. The van der Waals surface area contributed by atoms with Crippen LogP contribution in [0.5, 0.6) is 5.75 Å². The summed E-state index contributed by atoms with van der Waals surface area (Å²) in [5.41, 5.74) is 0.218. The van der Waals surface area contributed by atoms with Gasteiger partial charge in [-0.25, -0.2) is 9.59 Å². The molecule has 2 rings (SSSR count). The minimum atomic E-state index is -0.590. The van der Waals surface area contributed by atoms with Gasteiger partial charge >= 0.3 is 12.0 Å². The summed E-state index contributed by atoms with van der Waals surface area (Å²) in [6.45, 7) is -0.369. The molecule has 0 spiro atoms. The average molecular weight is 292 g/mol. The first-order chi connectivity index (χ1) is 10.1. The van der Waals surface area contributed by atoms with Crippen LogP contribution in [-0.2, 0) is 9.53 Å². The van der Waals surface area contributed by atoms with Crippen molar-refractivity contribution in [3.05, 3.63) is 29.8 Å². The van der Waals surface area contributed by atoms with Crippen molar-refractivity contribution in [2.45, 2.75) is 18.9 Å². The van der Waals surface area contributed by atoms with Gasteiger partial charge in [0, 0.05) is 6.04 Å². The van der Waals surface area contributed by atoms with E-state index in [-0.39, 0.29) is 24.0 Å². The average Bonchev–Trinajstić information content (AvgIpc) is 3.28. The van der Waals surface area contributed by atoms with Gasteiger partial charge < -0.3 is 14.8 Å². The van der Waals surface area contributed by atoms with Crippen molar-refractivity contribution >= 4 is 17.9 Å². The van der Waals surface area contributed by atoms with Gasteiger partial charge in [0.1, 0.15) is 11.3 Å². The second-order valence-corrected chi connectivity index (χ2v) is 4.57. The van der Waals surface area contributed by atoms with Gasteiger partial charge in [-0.2, -0.15) is 0 Å². The number of nitrogens with one attached hydrogen (secondary N) is 2. The van der Waals surface area contributed by atoms with Crippen LogP contribution in [0, 0.1) is 0 Å². The number of benzene rings is 1.